The van der Waals surface area contributed by atoms with Gasteiger partial charge in [-0.3, -0.25) is 0 Å². The Balaban J connectivity index is 2.01. The fourth-order valence-electron chi connectivity index (χ4n) is 2.43. The van der Waals surface area contributed by atoms with Crippen LogP contribution in [0.25, 0.3) is 0 Å². The summed E-state index contributed by atoms with van der Waals surface area (Å²) in [6.07, 6.45) is 8.90. The second-order valence-corrected chi connectivity index (χ2v) is 3.60. The summed E-state index contributed by atoms with van der Waals surface area (Å²) in [6.45, 7) is 0. The zero-order chi connectivity index (χ0) is 6.97. The molecule has 2 atom stereocenters. The van der Waals surface area contributed by atoms with Gasteiger partial charge in [-0.1, -0.05) is 18.4 Å². The molecule has 2 N–H and O–H groups in total. The molecular formula is C9H15N. The normalized spacial score (nSPS) is 42.6. The van der Waals surface area contributed by atoms with Crippen molar-refractivity contribution in [2.45, 2.75) is 32.1 Å². The van der Waals surface area contributed by atoms with E-state index >= 15 is 0 Å². The molecule has 2 saturated carbocycles. The maximum Gasteiger partial charge on any atom is -0.00674 e. The molecule has 0 aromatic heterocycles. The molecule has 2 aliphatic carbocycles. The van der Waals surface area contributed by atoms with Crippen LogP contribution in [0.4, 0.5) is 0 Å². The molecule has 0 heterocycles. The average molecular weight is 137 g/mol. The van der Waals surface area contributed by atoms with E-state index < -0.39 is 0 Å². The van der Waals surface area contributed by atoms with Crippen molar-refractivity contribution in [3.8, 4) is 0 Å². The van der Waals surface area contributed by atoms with Gasteiger partial charge in [0.05, 0.1) is 0 Å². The summed E-state index contributed by atoms with van der Waals surface area (Å²) < 4.78 is 0. The minimum atomic E-state index is 0.902. The summed E-state index contributed by atoms with van der Waals surface area (Å²) >= 11 is 0. The highest BCUT2D eigenvalue weighted by Gasteiger charge is 2.36. The van der Waals surface area contributed by atoms with Crippen molar-refractivity contribution in [3.05, 3.63) is 11.8 Å². The smallest absolute Gasteiger partial charge is 0.00674 e. The largest absolute Gasteiger partial charge is 0.405 e. The predicted octanol–water partition coefficient (Wildman–Crippen LogP) is 2.04. The first-order chi connectivity index (χ1) is 4.92. The number of hydrogen-bond acceptors (Lipinski definition) is 1. The van der Waals surface area contributed by atoms with Crippen LogP contribution in [0, 0.1) is 11.8 Å². The third-order valence-corrected chi connectivity index (χ3v) is 3.10. The van der Waals surface area contributed by atoms with Gasteiger partial charge in [0.25, 0.3) is 0 Å². The molecule has 0 spiro atoms. The van der Waals surface area contributed by atoms with Crippen molar-refractivity contribution in [1.82, 2.24) is 0 Å². The molecular weight excluding hydrogens is 122 g/mol. The Morgan fingerprint density at radius 3 is 2.80 bits per heavy atom. The Morgan fingerprint density at radius 2 is 2.10 bits per heavy atom. The van der Waals surface area contributed by atoms with Gasteiger partial charge in [0.1, 0.15) is 0 Å². The van der Waals surface area contributed by atoms with E-state index in [9.17, 15) is 0 Å². The van der Waals surface area contributed by atoms with Crippen LogP contribution in [0.15, 0.2) is 11.8 Å². The maximum absolute atomic E-state index is 5.48. The first-order valence-corrected chi connectivity index (χ1v) is 4.32. The van der Waals surface area contributed by atoms with Crippen LogP contribution in [0.5, 0.6) is 0 Å². The molecule has 0 amide bonds. The highest BCUT2D eigenvalue weighted by atomic mass is 14.5. The third-order valence-electron chi connectivity index (χ3n) is 3.10. The molecule has 2 rings (SSSR count). The van der Waals surface area contributed by atoms with Crippen molar-refractivity contribution in [2.75, 3.05) is 0 Å². The van der Waals surface area contributed by atoms with Crippen molar-refractivity contribution in [2.24, 2.45) is 17.6 Å². The predicted molar refractivity (Wildman–Crippen MR) is 42.3 cm³/mol. The molecule has 2 fully saturated rings. The van der Waals surface area contributed by atoms with E-state index in [1.165, 1.54) is 37.7 Å². The second kappa shape index (κ2) is 2.30. The minimum Gasteiger partial charge on any atom is -0.405 e. The summed E-state index contributed by atoms with van der Waals surface area (Å²) in [7, 11) is 0. The Morgan fingerprint density at radius 1 is 1.30 bits per heavy atom. The summed E-state index contributed by atoms with van der Waals surface area (Å²) in [5, 5.41) is 0. The van der Waals surface area contributed by atoms with Gasteiger partial charge in [0.2, 0.25) is 0 Å². The van der Waals surface area contributed by atoms with E-state index in [0.717, 1.165) is 11.8 Å². The lowest BCUT2D eigenvalue weighted by molar-refractivity contribution is 0.193. The fraction of sp³-hybridized carbons (Fsp3) is 0.778. The molecule has 0 aliphatic heterocycles. The van der Waals surface area contributed by atoms with Gasteiger partial charge in [-0.15, -0.1) is 0 Å². The Hall–Kier alpha value is -0.460. The quantitative estimate of drug-likeness (QED) is 0.543. The number of allylic oxidation sites excluding steroid dienone is 1. The Kier molecular flexibility index (Phi) is 1.44. The number of rotatable bonds is 0. The summed E-state index contributed by atoms with van der Waals surface area (Å²) in [4.78, 5) is 0. The average Bonchev–Trinajstić information content (AvgIpc) is 1.92. The lowest BCUT2D eigenvalue weighted by atomic mass is 9.62. The Labute approximate surface area is 62.3 Å². The van der Waals surface area contributed by atoms with Crippen LogP contribution in [-0.4, -0.2) is 0 Å². The summed E-state index contributed by atoms with van der Waals surface area (Å²) in [5.41, 5.74) is 7.01. The molecule has 56 valence electrons. The van der Waals surface area contributed by atoms with Crippen LogP contribution < -0.4 is 5.73 Å². The summed E-state index contributed by atoms with van der Waals surface area (Å²) in [6, 6.07) is 0. The van der Waals surface area contributed by atoms with E-state index in [-0.39, 0.29) is 0 Å². The zero-order valence-electron chi connectivity index (χ0n) is 6.34. The SMILES string of the molecule is N/C=C1\C[C@H]2CCCC[C@@H]12. The van der Waals surface area contributed by atoms with E-state index in [1.807, 2.05) is 6.20 Å². The highest BCUT2D eigenvalue weighted by molar-refractivity contribution is 5.18. The van der Waals surface area contributed by atoms with Crippen LogP contribution in [0.3, 0.4) is 0 Å². The van der Waals surface area contributed by atoms with Gasteiger partial charge in [0.15, 0.2) is 0 Å². The van der Waals surface area contributed by atoms with E-state index in [1.54, 1.807) is 0 Å². The van der Waals surface area contributed by atoms with E-state index in [2.05, 4.69) is 0 Å². The molecule has 0 aromatic rings. The second-order valence-electron chi connectivity index (χ2n) is 3.60. The molecule has 2 aliphatic rings. The summed E-state index contributed by atoms with van der Waals surface area (Å²) in [5.74, 6) is 1.92. The van der Waals surface area contributed by atoms with Crippen LogP contribution in [0.1, 0.15) is 32.1 Å². The Bertz CT molecular complexity index is 160. The topological polar surface area (TPSA) is 26.0 Å². The molecule has 0 unspecified atom stereocenters. The van der Waals surface area contributed by atoms with Crippen molar-refractivity contribution < 1.29 is 0 Å². The molecule has 1 nitrogen and oxygen atoms in total. The van der Waals surface area contributed by atoms with Crippen molar-refractivity contribution >= 4 is 0 Å². The van der Waals surface area contributed by atoms with Gasteiger partial charge < -0.3 is 5.73 Å². The first-order valence-electron chi connectivity index (χ1n) is 4.32. The van der Waals surface area contributed by atoms with Gasteiger partial charge in [-0.25, -0.2) is 0 Å². The van der Waals surface area contributed by atoms with Crippen molar-refractivity contribution in [1.29, 1.82) is 0 Å². The lowest BCUT2D eigenvalue weighted by Crippen LogP contribution is -2.32. The van der Waals surface area contributed by atoms with Crippen LogP contribution >= 0.6 is 0 Å². The van der Waals surface area contributed by atoms with Gasteiger partial charge in [-0.2, -0.15) is 0 Å². The monoisotopic (exact) mass is 137 g/mol. The van der Waals surface area contributed by atoms with E-state index in [4.69, 9.17) is 5.73 Å². The molecule has 10 heavy (non-hydrogen) atoms. The van der Waals surface area contributed by atoms with Gasteiger partial charge in [-0.05, 0) is 37.3 Å². The number of nitrogens with two attached hydrogens (primary N) is 1. The van der Waals surface area contributed by atoms with Gasteiger partial charge >= 0.3 is 0 Å². The standard InChI is InChI=1S/C9H15N/c10-6-8-5-7-3-1-2-4-9(7)8/h6-7,9H,1-5,10H2/b8-6+/t7-,9-/m1/s1. The van der Waals surface area contributed by atoms with Crippen molar-refractivity contribution in [3.63, 3.8) is 0 Å². The van der Waals surface area contributed by atoms with E-state index in [0.29, 0.717) is 0 Å². The highest BCUT2D eigenvalue weighted by Crippen LogP contribution is 2.48. The number of hydrogen-bond donors (Lipinski definition) is 1. The van der Waals surface area contributed by atoms with Crippen LogP contribution in [-0.2, 0) is 0 Å². The first kappa shape index (κ1) is 6.26. The maximum atomic E-state index is 5.48. The molecule has 0 radical (unpaired) electrons. The molecule has 0 bridgehead atoms. The molecule has 0 aromatic carbocycles. The minimum absolute atomic E-state index is 0.902. The van der Waals surface area contributed by atoms with Gasteiger partial charge in [0, 0.05) is 0 Å². The number of fused-ring (bicyclic) bond motifs is 1. The fourth-order valence-corrected chi connectivity index (χ4v) is 2.43. The zero-order valence-corrected chi connectivity index (χ0v) is 6.34. The molecule has 1 heteroatoms. The molecule has 0 saturated heterocycles. The third kappa shape index (κ3) is 0.764. The lowest BCUT2D eigenvalue weighted by Gasteiger charge is -2.43. The van der Waals surface area contributed by atoms with Crippen LogP contribution in [0.2, 0.25) is 0 Å².